The van der Waals surface area contributed by atoms with Crippen molar-refractivity contribution in [2.24, 2.45) is 0 Å². The summed E-state index contributed by atoms with van der Waals surface area (Å²) >= 11 is 0. The van der Waals surface area contributed by atoms with Crippen molar-refractivity contribution in [3.8, 4) is 11.5 Å². The summed E-state index contributed by atoms with van der Waals surface area (Å²) in [4.78, 5) is 12.7. The second kappa shape index (κ2) is 7.95. The summed E-state index contributed by atoms with van der Waals surface area (Å²) in [7, 11) is 1.65. The van der Waals surface area contributed by atoms with Crippen LogP contribution in [0.1, 0.15) is 16.8 Å². The molecule has 1 aliphatic rings. The van der Waals surface area contributed by atoms with Crippen molar-refractivity contribution in [3.05, 3.63) is 60.2 Å². The average Bonchev–Trinajstić information content (AvgIpc) is 2.63. The smallest absolute Gasteiger partial charge is 0.255 e. The number of methoxy groups -OCH3 is 1. The Kier molecular flexibility index (Phi) is 5.46. The van der Waals surface area contributed by atoms with Crippen molar-refractivity contribution in [1.29, 1.82) is 0 Å². The Bertz CT molecular complexity index is 674. The van der Waals surface area contributed by atoms with Gasteiger partial charge in [-0.1, -0.05) is 30.3 Å². The topological polar surface area (TPSA) is 56.8 Å². The van der Waals surface area contributed by atoms with E-state index in [0.29, 0.717) is 30.3 Å². The third-order valence-corrected chi connectivity index (χ3v) is 4.01. The van der Waals surface area contributed by atoms with Gasteiger partial charge in [-0.05, 0) is 30.7 Å². The van der Waals surface area contributed by atoms with Gasteiger partial charge in [0, 0.05) is 13.7 Å². The van der Waals surface area contributed by atoms with Crippen LogP contribution in [-0.2, 0) is 9.47 Å². The molecule has 1 fully saturated rings. The van der Waals surface area contributed by atoms with E-state index in [0.717, 1.165) is 6.42 Å². The summed E-state index contributed by atoms with van der Waals surface area (Å²) in [5, 5.41) is 2.99. The first-order valence-electron chi connectivity index (χ1n) is 8.01. The van der Waals surface area contributed by atoms with Crippen LogP contribution in [0.5, 0.6) is 11.5 Å². The van der Waals surface area contributed by atoms with Gasteiger partial charge in [0.1, 0.15) is 11.5 Å². The number of hydrogen-bond donors (Lipinski definition) is 1. The fourth-order valence-electron chi connectivity index (χ4n) is 2.74. The molecule has 0 aliphatic carbocycles. The molecule has 24 heavy (non-hydrogen) atoms. The highest BCUT2D eigenvalue weighted by molar-refractivity contribution is 5.97. The van der Waals surface area contributed by atoms with E-state index in [4.69, 9.17) is 14.2 Å². The van der Waals surface area contributed by atoms with Gasteiger partial charge in [0.15, 0.2) is 0 Å². The molecule has 1 aliphatic heterocycles. The SMILES string of the molecule is CO[C@@H]1CCOC[C@H]1NC(=O)c1ccccc1Oc1ccccc1. The van der Waals surface area contributed by atoms with E-state index >= 15 is 0 Å². The highest BCUT2D eigenvalue weighted by Gasteiger charge is 2.28. The quantitative estimate of drug-likeness (QED) is 0.917. The highest BCUT2D eigenvalue weighted by atomic mass is 16.5. The second-order valence-corrected chi connectivity index (χ2v) is 5.63. The fraction of sp³-hybridized carbons (Fsp3) is 0.316. The van der Waals surface area contributed by atoms with E-state index in [1.807, 2.05) is 42.5 Å². The first-order valence-corrected chi connectivity index (χ1v) is 8.01. The van der Waals surface area contributed by atoms with E-state index in [1.54, 1.807) is 19.2 Å². The zero-order valence-corrected chi connectivity index (χ0v) is 13.6. The van der Waals surface area contributed by atoms with E-state index in [1.165, 1.54) is 0 Å². The molecule has 2 atom stereocenters. The molecule has 0 radical (unpaired) electrons. The van der Waals surface area contributed by atoms with Gasteiger partial charge in [0.2, 0.25) is 0 Å². The Morgan fingerprint density at radius 2 is 1.88 bits per heavy atom. The lowest BCUT2D eigenvalue weighted by Gasteiger charge is -2.31. The standard InChI is InChI=1S/C19H21NO4/c1-22-18-11-12-23-13-16(18)20-19(21)15-9-5-6-10-17(15)24-14-7-3-2-4-8-14/h2-10,16,18H,11-13H2,1H3,(H,20,21)/t16-,18-/m1/s1. The monoisotopic (exact) mass is 327 g/mol. The van der Waals surface area contributed by atoms with Gasteiger partial charge in [-0.15, -0.1) is 0 Å². The van der Waals surface area contributed by atoms with E-state index in [-0.39, 0.29) is 18.1 Å². The number of benzene rings is 2. The van der Waals surface area contributed by atoms with Crippen LogP contribution in [0.2, 0.25) is 0 Å². The van der Waals surface area contributed by atoms with Crippen LogP contribution in [-0.4, -0.2) is 38.4 Å². The van der Waals surface area contributed by atoms with Crippen molar-refractivity contribution in [1.82, 2.24) is 5.32 Å². The number of carbonyl (C=O) groups excluding carboxylic acids is 1. The number of para-hydroxylation sites is 2. The van der Waals surface area contributed by atoms with Crippen LogP contribution in [0.15, 0.2) is 54.6 Å². The van der Waals surface area contributed by atoms with Gasteiger partial charge >= 0.3 is 0 Å². The molecule has 0 saturated carbocycles. The summed E-state index contributed by atoms with van der Waals surface area (Å²) in [6.45, 7) is 1.10. The molecule has 5 nitrogen and oxygen atoms in total. The molecule has 2 aromatic carbocycles. The molecule has 1 heterocycles. The summed E-state index contributed by atoms with van der Waals surface area (Å²) in [5.74, 6) is 1.01. The Balaban J connectivity index is 1.75. The van der Waals surface area contributed by atoms with Crippen LogP contribution < -0.4 is 10.1 Å². The van der Waals surface area contributed by atoms with Crippen LogP contribution >= 0.6 is 0 Å². The van der Waals surface area contributed by atoms with Crippen molar-refractivity contribution in [2.75, 3.05) is 20.3 Å². The van der Waals surface area contributed by atoms with Gasteiger partial charge in [-0.25, -0.2) is 0 Å². The molecule has 1 amide bonds. The molecule has 1 saturated heterocycles. The first-order chi connectivity index (χ1) is 11.8. The van der Waals surface area contributed by atoms with Crippen LogP contribution in [0, 0.1) is 0 Å². The summed E-state index contributed by atoms with van der Waals surface area (Å²) in [5.41, 5.74) is 0.488. The van der Waals surface area contributed by atoms with Gasteiger partial charge in [0.05, 0.1) is 24.3 Å². The lowest BCUT2D eigenvalue weighted by Crippen LogP contribution is -2.50. The average molecular weight is 327 g/mol. The van der Waals surface area contributed by atoms with Crippen molar-refractivity contribution in [3.63, 3.8) is 0 Å². The molecule has 1 N–H and O–H groups in total. The number of amides is 1. The van der Waals surface area contributed by atoms with E-state index in [9.17, 15) is 4.79 Å². The Hall–Kier alpha value is -2.37. The molecule has 0 spiro atoms. The molecule has 126 valence electrons. The molecular formula is C19H21NO4. The number of rotatable bonds is 5. The van der Waals surface area contributed by atoms with Crippen LogP contribution in [0.4, 0.5) is 0 Å². The van der Waals surface area contributed by atoms with Gasteiger partial charge in [0.25, 0.3) is 5.91 Å². The second-order valence-electron chi connectivity index (χ2n) is 5.63. The minimum Gasteiger partial charge on any atom is -0.457 e. The predicted molar refractivity (Wildman–Crippen MR) is 90.4 cm³/mol. The number of ether oxygens (including phenoxy) is 3. The molecule has 3 rings (SSSR count). The van der Waals surface area contributed by atoms with Crippen LogP contribution in [0.25, 0.3) is 0 Å². The largest absolute Gasteiger partial charge is 0.457 e. The minimum atomic E-state index is -0.195. The summed E-state index contributed by atoms with van der Waals surface area (Å²) < 4.78 is 16.7. The summed E-state index contributed by atoms with van der Waals surface area (Å²) in [6.07, 6.45) is 0.730. The lowest BCUT2D eigenvalue weighted by atomic mass is 10.1. The van der Waals surface area contributed by atoms with E-state index < -0.39 is 0 Å². The first kappa shape index (κ1) is 16.5. The molecular weight excluding hydrogens is 306 g/mol. The third-order valence-electron chi connectivity index (χ3n) is 4.01. The van der Waals surface area contributed by atoms with Crippen molar-refractivity contribution < 1.29 is 19.0 Å². The molecule has 0 bridgehead atoms. The number of nitrogens with one attached hydrogen (secondary N) is 1. The molecule has 2 aromatic rings. The highest BCUT2D eigenvalue weighted by Crippen LogP contribution is 2.25. The molecule has 5 heteroatoms. The predicted octanol–water partition coefficient (Wildman–Crippen LogP) is 3.01. The minimum absolute atomic E-state index is 0.0371. The Labute approximate surface area is 141 Å². The Morgan fingerprint density at radius 1 is 1.12 bits per heavy atom. The van der Waals surface area contributed by atoms with Crippen molar-refractivity contribution >= 4 is 5.91 Å². The zero-order valence-electron chi connectivity index (χ0n) is 13.6. The zero-order chi connectivity index (χ0) is 16.8. The molecule has 0 unspecified atom stereocenters. The maximum absolute atomic E-state index is 12.7. The number of hydrogen-bond acceptors (Lipinski definition) is 4. The van der Waals surface area contributed by atoms with Gasteiger partial charge in [-0.3, -0.25) is 4.79 Å². The maximum atomic E-state index is 12.7. The maximum Gasteiger partial charge on any atom is 0.255 e. The molecule has 0 aromatic heterocycles. The lowest BCUT2D eigenvalue weighted by molar-refractivity contribution is -0.0349. The van der Waals surface area contributed by atoms with Gasteiger partial charge in [-0.2, -0.15) is 0 Å². The van der Waals surface area contributed by atoms with Gasteiger partial charge < -0.3 is 19.5 Å². The summed E-state index contributed by atoms with van der Waals surface area (Å²) in [6, 6.07) is 16.4. The fourth-order valence-corrected chi connectivity index (χ4v) is 2.74. The Morgan fingerprint density at radius 3 is 2.67 bits per heavy atom. The van der Waals surface area contributed by atoms with Crippen LogP contribution in [0.3, 0.4) is 0 Å². The van der Waals surface area contributed by atoms with Crippen molar-refractivity contribution in [2.45, 2.75) is 18.6 Å². The van der Waals surface area contributed by atoms with E-state index in [2.05, 4.69) is 5.32 Å². The third kappa shape index (κ3) is 3.93. The normalized spacial score (nSPS) is 20.4. The number of carbonyl (C=O) groups is 1.